The first kappa shape index (κ1) is 17.7. The summed E-state index contributed by atoms with van der Waals surface area (Å²) in [6.45, 7) is 6.36. The van der Waals surface area contributed by atoms with Gasteiger partial charge in [-0.2, -0.15) is 0 Å². The van der Waals surface area contributed by atoms with Crippen molar-refractivity contribution in [3.05, 3.63) is 35.9 Å². The quantitative estimate of drug-likeness (QED) is 0.890. The second-order valence-corrected chi connectivity index (χ2v) is 5.85. The van der Waals surface area contributed by atoms with E-state index >= 15 is 0 Å². The van der Waals surface area contributed by atoms with Crippen LogP contribution in [-0.4, -0.2) is 59.8 Å². The highest BCUT2D eigenvalue weighted by molar-refractivity contribution is 6.02. The van der Waals surface area contributed by atoms with Gasteiger partial charge in [-0.3, -0.25) is 9.78 Å². The Morgan fingerprint density at radius 3 is 2.69 bits per heavy atom. The average Bonchev–Trinajstić information content (AvgIpc) is 3.07. The van der Waals surface area contributed by atoms with E-state index in [2.05, 4.69) is 20.4 Å². The zero-order valence-electron chi connectivity index (χ0n) is 14.8. The lowest BCUT2D eigenvalue weighted by atomic mass is 10.2. The number of hydrogen-bond donors (Lipinski definition) is 1. The van der Waals surface area contributed by atoms with Crippen LogP contribution in [0.15, 0.2) is 28.9 Å². The van der Waals surface area contributed by atoms with E-state index in [0.29, 0.717) is 44.4 Å². The molecule has 0 bridgehead atoms. The van der Waals surface area contributed by atoms with Gasteiger partial charge in [0.25, 0.3) is 5.91 Å². The van der Waals surface area contributed by atoms with Crippen LogP contribution >= 0.6 is 0 Å². The molecule has 9 nitrogen and oxygen atoms in total. The standard InChI is InChI=1S/C17H21N5O4/c1-3-25-17(24)22-8-6-21(7-9-22)13-4-5-18-14(11-13)16(23)19-15-10-12(2)26-20-15/h4-5,10-11H,3,6-9H2,1-2H3,(H,19,20,23). The third-order valence-electron chi connectivity index (χ3n) is 4.02. The molecule has 1 N–H and O–H groups in total. The van der Waals surface area contributed by atoms with Crippen molar-refractivity contribution >= 4 is 23.5 Å². The van der Waals surface area contributed by atoms with Gasteiger partial charge in [0.05, 0.1) is 6.61 Å². The predicted molar refractivity (Wildman–Crippen MR) is 94.2 cm³/mol. The van der Waals surface area contributed by atoms with Gasteiger partial charge < -0.3 is 24.4 Å². The number of nitrogens with one attached hydrogen (secondary N) is 1. The minimum atomic E-state index is -0.356. The maximum atomic E-state index is 12.3. The summed E-state index contributed by atoms with van der Waals surface area (Å²) < 4.78 is 9.95. The average molecular weight is 359 g/mol. The first-order valence-electron chi connectivity index (χ1n) is 8.44. The van der Waals surface area contributed by atoms with Crippen LogP contribution in [0.25, 0.3) is 0 Å². The van der Waals surface area contributed by atoms with Gasteiger partial charge in [0, 0.05) is 44.1 Å². The number of aryl methyl sites for hydroxylation is 1. The highest BCUT2D eigenvalue weighted by atomic mass is 16.6. The summed E-state index contributed by atoms with van der Waals surface area (Å²) in [4.78, 5) is 32.0. The van der Waals surface area contributed by atoms with E-state index in [9.17, 15) is 9.59 Å². The Labute approximate surface area is 150 Å². The third kappa shape index (κ3) is 4.11. The van der Waals surface area contributed by atoms with Crippen LogP contribution in [0.3, 0.4) is 0 Å². The van der Waals surface area contributed by atoms with Gasteiger partial charge in [-0.15, -0.1) is 0 Å². The minimum absolute atomic E-state index is 0.287. The van der Waals surface area contributed by atoms with E-state index in [-0.39, 0.29) is 17.7 Å². The monoisotopic (exact) mass is 359 g/mol. The number of carbonyl (C=O) groups is 2. The van der Waals surface area contributed by atoms with E-state index in [4.69, 9.17) is 9.26 Å². The molecular formula is C17H21N5O4. The minimum Gasteiger partial charge on any atom is -0.450 e. The molecule has 0 spiro atoms. The second kappa shape index (κ2) is 7.85. The number of nitrogens with zero attached hydrogens (tertiary/aromatic N) is 4. The molecule has 2 aromatic rings. The van der Waals surface area contributed by atoms with Gasteiger partial charge in [0.1, 0.15) is 11.5 Å². The van der Waals surface area contributed by atoms with Gasteiger partial charge >= 0.3 is 6.09 Å². The van der Waals surface area contributed by atoms with Crippen molar-refractivity contribution in [2.75, 3.05) is 43.0 Å². The maximum Gasteiger partial charge on any atom is 0.409 e. The molecule has 1 aliphatic rings. The van der Waals surface area contributed by atoms with E-state index in [1.165, 1.54) is 0 Å². The van der Waals surface area contributed by atoms with Crippen molar-refractivity contribution < 1.29 is 18.8 Å². The van der Waals surface area contributed by atoms with Crippen molar-refractivity contribution in [3.63, 3.8) is 0 Å². The molecule has 1 aliphatic heterocycles. The first-order valence-corrected chi connectivity index (χ1v) is 8.44. The number of piperazine rings is 1. The fourth-order valence-corrected chi connectivity index (χ4v) is 2.71. The molecule has 0 atom stereocenters. The molecule has 9 heteroatoms. The topological polar surface area (TPSA) is 101 Å². The van der Waals surface area contributed by atoms with Crippen LogP contribution in [0.1, 0.15) is 23.2 Å². The van der Waals surface area contributed by atoms with E-state index in [0.717, 1.165) is 5.69 Å². The smallest absolute Gasteiger partial charge is 0.409 e. The lowest BCUT2D eigenvalue weighted by molar-refractivity contribution is 0.102. The highest BCUT2D eigenvalue weighted by Crippen LogP contribution is 2.18. The summed E-state index contributed by atoms with van der Waals surface area (Å²) in [5, 5.41) is 6.39. The zero-order valence-corrected chi connectivity index (χ0v) is 14.8. The van der Waals surface area contributed by atoms with E-state index in [1.54, 1.807) is 37.1 Å². The maximum absolute atomic E-state index is 12.3. The Morgan fingerprint density at radius 1 is 1.27 bits per heavy atom. The van der Waals surface area contributed by atoms with Crippen molar-refractivity contribution in [3.8, 4) is 0 Å². The number of anilines is 2. The van der Waals surface area contributed by atoms with Gasteiger partial charge in [0.2, 0.25) is 0 Å². The van der Waals surface area contributed by atoms with Crippen LogP contribution in [-0.2, 0) is 4.74 Å². The third-order valence-corrected chi connectivity index (χ3v) is 4.02. The van der Waals surface area contributed by atoms with Gasteiger partial charge in [-0.25, -0.2) is 4.79 Å². The lowest BCUT2D eigenvalue weighted by Gasteiger charge is -2.35. The molecule has 2 amide bonds. The van der Waals surface area contributed by atoms with Crippen molar-refractivity contribution in [2.24, 2.45) is 0 Å². The molecule has 1 saturated heterocycles. The summed E-state index contributed by atoms with van der Waals surface area (Å²) in [6.07, 6.45) is 1.31. The van der Waals surface area contributed by atoms with Crippen LogP contribution in [0.4, 0.5) is 16.3 Å². The Balaban J connectivity index is 1.62. The Hall–Kier alpha value is -3.10. The molecule has 0 radical (unpaired) electrons. The summed E-state index contributed by atoms with van der Waals surface area (Å²) in [7, 11) is 0. The molecule has 138 valence electrons. The molecule has 0 unspecified atom stereocenters. The summed E-state index contributed by atoms with van der Waals surface area (Å²) in [6, 6.07) is 5.20. The Morgan fingerprint density at radius 2 is 2.04 bits per heavy atom. The molecule has 1 fully saturated rings. The highest BCUT2D eigenvalue weighted by Gasteiger charge is 2.22. The zero-order chi connectivity index (χ0) is 18.5. The van der Waals surface area contributed by atoms with Gasteiger partial charge in [0.15, 0.2) is 5.82 Å². The first-order chi connectivity index (χ1) is 12.6. The molecule has 2 aromatic heterocycles. The lowest BCUT2D eigenvalue weighted by Crippen LogP contribution is -2.49. The number of rotatable bonds is 4. The molecule has 0 saturated carbocycles. The number of hydrogen-bond acceptors (Lipinski definition) is 7. The summed E-state index contributed by atoms with van der Waals surface area (Å²) >= 11 is 0. The second-order valence-electron chi connectivity index (χ2n) is 5.85. The molecule has 3 rings (SSSR count). The Kier molecular flexibility index (Phi) is 5.35. The molecule has 0 aliphatic carbocycles. The van der Waals surface area contributed by atoms with Gasteiger partial charge in [-0.1, -0.05) is 5.16 Å². The van der Waals surface area contributed by atoms with E-state index < -0.39 is 0 Å². The number of aromatic nitrogens is 2. The summed E-state index contributed by atoms with van der Waals surface area (Å²) in [5.41, 5.74) is 1.17. The van der Waals surface area contributed by atoms with Crippen LogP contribution in [0.2, 0.25) is 0 Å². The van der Waals surface area contributed by atoms with Crippen LogP contribution in [0, 0.1) is 6.92 Å². The largest absolute Gasteiger partial charge is 0.450 e. The Bertz CT molecular complexity index is 783. The van der Waals surface area contributed by atoms with Gasteiger partial charge in [-0.05, 0) is 26.0 Å². The summed E-state index contributed by atoms with van der Waals surface area (Å²) in [5.74, 6) is 0.606. The molecule has 26 heavy (non-hydrogen) atoms. The molecule has 0 aromatic carbocycles. The van der Waals surface area contributed by atoms with Crippen molar-refractivity contribution in [2.45, 2.75) is 13.8 Å². The van der Waals surface area contributed by atoms with Crippen molar-refractivity contribution in [1.29, 1.82) is 0 Å². The molecular weight excluding hydrogens is 338 g/mol. The number of amides is 2. The predicted octanol–water partition coefficient (Wildman–Crippen LogP) is 1.91. The van der Waals surface area contributed by atoms with E-state index in [1.807, 2.05) is 6.07 Å². The molecule has 3 heterocycles. The van der Waals surface area contributed by atoms with Crippen molar-refractivity contribution in [1.82, 2.24) is 15.0 Å². The number of carbonyl (C=O) groups excluding carboxylic acids is 2. The SMILES string of the molecule is CCOC(=O)N1CCN(c2ccnc(C(=O)Nc3cc(C)on3)c2)CC1. The van der Waals surface area contributed by atoms with Crippen LogP contribution < -0.4 is 10.2 Å². The fraction of sp³-hybridized carbons (Fsp3) is 0.412. The number of ether oxygens (including phenoxy) is 1. The fourth-order valence-electron chi connectivity index (χ4n) is 2.71. The number of pyridine rings is 1. The normalized spacial score (nSPS) is 14.2. The van der Waals surface area contributed by atoms with Crippen LogP contribution in [0.5, 0.6) is 0 Å².